The summed E-state index contributed by atoms with van der Waals surface area (Å²) in [5, 5.41) is 24.2. The molecule has 1 heterocycles. The Bertz CT molecular complexity index is 718. The monoisotopic (exact) mass is 393 g/mol. The molecule has 0 radical (unpaired) electrons. The molecule has 2 unspecified atom stereocenters. The fourth-order valence-electron chi connectivity index (χ4n) is 2.83. The average Bonchev–Trinajstić information content (AvgIpc) is 2.64. The zero-order valence-corrected chi connectivity index (χ0v) is 16.1. The summed E-state index contributed by atoms with van der Waals surface area (Å²) in [5.41, 5.74) is 1.26. The van der Waals surface area contributed by atoms with Crippen LogP contribution in [0.25, 0.3) is 0 Å². The lowest BCUT2D eigenvalue weighted by Gasteiger charge is -2.26. The van der Waals surface area contributed by atoms with Gasteiger partial charge in [0.15, 0.2) is 0 Å². The number of carbonyl (C=O) groups excluding carboxylic acids is 2. The van der Waals surface area contributed by atoms with Gasteiger partial charge in [0.2, 0.25) is 11.8 Å². The van der Waals surface area contributed by atoms with E-state index in [1.165, 1.54) is 13.0 Å². The molecular weight excluding hydrogens is 366 g/mol. The molecule has 2 amide bonds. The molecule has 1 aromatic carbocycles. The number of rotatable bonds is 8. The van der Waals surface area contributed by atoms with Gasteiger partial charge in [-0.05, 0) is 31.0 Å². The van der Waals surface area contributed by atoms with Crippen LogP contribution in [-0.4, -0.2) is 77.8 Å². The fourth-order valence-corrected chi connectivity index (χ4v) is 2.83. The van der Waals surface area contributed by atoms with Gasteiger partial charge in [0.1, 0.15) is 17.8 Å². The van der Waals surface area contributed by atoms with E-state index < -0.39 is 24.0 Å². The van der Waals surface area contributed by atoms with Gasteiger partial charge in [-0.25, -0.2) is 4.79 Å². The second kappa shape index (κ2) is 10.0. The summed E-state index contributed by atoms with van der Waals surface area (Å²) in [6.45, 7) is 5.83. The van der Waals surface area contributed by atoms with E-state index in [9.17, 15) is 24.6 Å². The number of amides is 2. The summed E-state index contributed by atoms with van der Waals surface area (Å²) in [5.74, 6) is -2.02. The number of morpholine rings is 1. The third-order valence-electron chi connectivity index (χ3n) is 4.57. The summed E-state index contributed by atoms with van der Waals surface area (Å²) < 4.78 is 5.22. The van der Waals surface area contributed by atoms with E-state index in [0.717, 1.165) is 0 Å². The molecule has 9 heteroatoms. The number of carbonyl (C=O) groups is 3. The van der Waals surface area contributed by atoms with E-state index in [-0.39, 0.29) is 24.6 Å². The summed E-state index contributed by atoms with van der Waals surface area (Å²) in [6.07, 6.45) is 0.0172. The molecule has 9 nitrogen and oxygen atoms in total. The average molecular weight is 393 g/mol. The maximum Gasteiger partial charge on any atom is 0.326 e. The number of aryl methyl sites for hydroxylation is 1. The predicted octanol–water partition coefficient (Wildman–Crippen LogP) is -0.351. The van der Waals surface area contributed by atoms with Gasteiger partial charge in [-0.15, -0.1) is 0 Å². The lowest BCUT2D eigenvalue weighted by molar-refractivity contribution is -0.142. The van der Waals surface area contributed by atoms with Crippen molar-refractivity contribution in [1.29, 1.82) is 0 Å². The Morgan fingerprint density at radius 3 is 2.50 bits per heavy atom. The predicted molar refractivity (Wildman–Crippen MR) is 101 cm³/mol. The molecule has 1 aliphatic heterocycles. The van der Waals surface area contributed by atoms with Gasteiger partial charge in [0.05, 0.1) is 19.8 Å². The first kappa shape index (κ1) is 21.6. The van der Waals surface area contributed by atoms with E-state index in [0.29, 0.717) is 37.4 Å². The van der Waals surface area contributed by atoms with Crippen molar-refractivity contribution in [2.75, 3.05) is 32.8 Å². The Kier molecular flexibility index (Phi) is 7.77. The zero-order valence-electron chi connectivity index (χ0n) is 16.1. The Morgan fingerprint density at radius 1 is 1.21 bits per heavy atom. The molecule has 1 aliphatic rings. The highest BCUT2D eigenvalue weighted by Crippen LogP contribution is 2.18. The van der Waals surface area contributed by atoms with E-state index in [1.54, 1.807) is 19.1 Å². The largest absolute Gasteiger partial charge is 0.508 e. The lowest BCUT2D eigenvalue weighted by Crippen LogP contribution is -2.53. The first-order valence-corrected chi connectivity index (χ1v) is 9.17. The molecule has 4 N–H and O–H groups in total. The first-order chi connectivity index (χ1) is 13.3. The number of carboxylic acids is 1. The topological polar surface area (TPSA) is 128 Å². The minimum atomic E-state index is -1.19. The number of aromatic hydroxyl groups is 1. The molecule has 1 fully saturated rings. The Balaban J connectivity index is 1.88. The van der Waals surface area contributed by atoms with Crippen LogP contribution in [-0.2, 0) is 25.5 Å². The van der Waals surface area contributed by atoms with E-state index in [2.05, 4.69) is 10.6 Å². The molecule has 154 valence electrons. The number of nitrogens with zero attached hydrogens (tertiary/aromatic N) is 1. The molecule has 28 heavy (non-hydrogen) atoms. The second-order valence-electron chi connectivity index (χ2n) is 6.90. The molecule has 0 spiro atoms. The van der Waals surface area contributed by atoms with Crippen LogP contribution in [0.5, 0.6) is 5.75 Å². The SMILES string of the molecule is Cc1ccc(CC(NC(=O)C(C)NC(=O)CN2CCOCC2)C(=O)O)cc1O. The number of ether oxygens (including phenoxy) is 1. The molecule has 2 rings (SSSR count). The fraction of sp³-hybridized carbons (Fsp3) is 0.526. The van der Waals surface area contributed by atoms with Crippen molar-refractivity contribution >= 4 is 17.8 Å². The van der Waals surface area contributed by atoms with E-state index >= 15 is 0 Å². The second-order valence-corrected chi connectivity index (χ2v) is 6.90. The van der Waals surface area contributed by atoms with Gasteiger partial charge < -0.3 is 25.6 Å². The van der Waals surface area contributed by atoms with Crippen molar-refractivity contribution in [2.24, 2.45) is 0 Å². The first-order valence-electron chi connectivity index (χ1n) is 9.17. The Labute approximate surface area is 163 Å². The molecule has 2 atom stereocenters. The zero-order chi connectivity index (χ0) is 20.7. The van der Waals surface area contributed by atoms with Crippen LogP contribution < -0.4 is 10.6 Å². The van der Waals surface area contributed by atoms with Crippen molar-refractivity contribution in [3.8, 4) is 5.75 Å². The van der Waals surface area contributed by atoms with Crippen LogP contribution in [0.15, 0.2) is 18.2 Å². The maximum absolute atomic E-state index is 12.3. The van der Waals surface area contributed by atoms with Crippen LogP contribution >= 0.6 is 0 Å². The molecule has 0 bridgehead atoms. The minimum Gasteiger partial charge on any atom is -0.508 e. The molecule has 1 aromatic rings. The van der Waals surface area contributed by atoms with Crippen LogP contribution in [0.3, 0.4) is 0 Å². The normalized spacial score (nSPS) is 16.8. The van der Waals surface area contributed by atoms with Crippen LogP contribution in [0.2, 0.25) is 0 Å². The summed E-state index contributed by atoms with van der Waals surface area (Å²) in [7, 11) is 0. The van der Waals surface area contributed by atoms with Crippen molar-refractivity contribution in [3.05, 3.63) is 29.3 Å². The number of hydrogen-bond donors (Lipinski definition) is 4. The van der Waals surface area contributed by atoms with Gasteiger partial charge in [0.25, 0.3) is 0 Å². The number of aliphatic carboxylic acids is 1. The van der Waals surface area contributed by atoms with Gasteiger partial charge in [0, 0.05) is 19.5 Å². The highest BCUT2D eigenvalue weighted by Gasteiger charge is 2.25. The summed E-state index contributed by atoms with van der Waals surface area (Å²) >= 11 is 0. The number of nitrogens with one attached hydrogen (secondary N) is 2. The van der Waals surface area contributed by atoms with Crippen LogP contribution in [0, 0.1) is 6.92 Å². The van der Waals surface area contributed by atoms with Crippen LogP contribution in [0.4, 0.5) is 0 Å². The smallest absolute Gasteiger partial charge is 0.326 e. The van der Waals surface area contributed by atoms with E-state index in [1.807, 2.05) is 4.90 Å². The van der Waals surface area contributed by atoms with Crippen LogP contribution in [0.1, 0.15) is 18.1 Å². The third-order valence-corrected chi connectivity index (χ3v) is 4.57. The van der Waals surface area contributed by atoms with E-state index in [4.69, 9.17) is 4.74 Å². The van der Waals surface area contributed by atoms with Gasteiger partial charge in [-0.3, -0.25) is 14.5 Å². The van der Waals surface area contributed by atoms with Gasteiger partial charge in [-0.2, -0.15) is 0 Å². The minimum absolute atomic E-state index is 0.0172. The molecule has 0 aromatic heterocycles. The van der Waals surface area contributed by atoms with Gasteiger partial charge in [-0.1, -0.05) is 12.1 Å². The van der Waals surface area contributed by atoms with Crippen molar-refractivity contribution in [3.63, 3.8) is 0 Å². The van der Waals surface area contributed by atoms with Gasteiger partial charge >= 0.3 is 5.97 Å². The van der Waals surface area contributed by atoms with Crippen molar-refractivity contribution in [1.82, 2.24) is 15.5 Å². The highest BCUT2D eigenvalue weighted by molar-refractivity contribution is 5.90. The number of hydrogen-bond acceptors (Lipinski definition) is 6. The number of phenols is 1. The number of benzene rings is 1. The quantitative estimate of drug-likeness (QED) is 0.475. The Hall–Kier alpha value is -2.65. The lowest BCUT2D eigenvalue weighted by atomic mass is 10.0. The molecule has 0 saturated carbocycles. The highest BCUT2D eigenvalue weighted by atomic mass is 16.5. The molecule has 1 saturated heterocycles. The molecular formula is C19H27N3O6. The molecule has 0 aliphatic carbocycles. The standard InChI is InChI=1S/C19H27N3O6/c1-12-3-4-14(10-16(12)23)9-15(19(26)27)21-18(25)13(2)20-17(24)11-22-5-7-28-8-6-22/h3-4,10,13,15,23H,5-9,11H2,1-2H3,(H,20,24)(H,21,25)(H,26,27). The van der Waals surface area contributed by atoms with Crippen molar-refractivity contribution < 1.29 is 29.3 Å². The third kappa shape index (κ3) is 6.50. The number of phenolic OH excluding ortho intramolecular Hbond substituents is 1. The summed E-state index contributed by atoms with van der Waals surface area (Å²) in [4.78, 5) is 37.9. The Morgan fingerprint density at radius 2 is 1.89 bits per heavy atom. The number of carboxylic acid groups (broad SMARTS) is 1. The maximum atomic E-state index is 12.3. The summed E-state index contributed by atoms with van der Waals surface area (Å²) in [6, 6.07) is 2.81. The van der Waals surface area contributed by atoms with Crippen molar-refractivity contribution in [2.45, 2.75) is 32.4 Å².